The van der Waals surface area contributed by atoms with Crippen LogP contribution in [-0.2, 0) is 0 Å². The molecule has 0 amide bonds. The minimum absolute atomic E-state index is 0.0659. The van der Waals surface area contributed by atoms with Crippen LogP contribution in [0, 0.1) is 6.92 Å². The van der Waals surface area contributed by atoms with Crippen molar-refractivity contribution in [3.05, 3.63) is 55.3 Å². The Balaban J connectivity index is 2.06. The largest absolute Gasteiger partial charge is 0.459 e. The van der Waals surface area contributed by atoms with Crippen LogP contribution in [0.15, 0.2) is 38.5 Å². The van der Waals surface area contributed by atoms with Gasteiger partial charge in [-0.3, -0.25) is 0 Å². The molecule has 1 aromatic carbocycles. The van der Waals surface area contributed by atoms with Crippen LogP contribution in [0.25, 0.3) is 11.0 Å². The molecule has 2 heterocycles. The van der Waals surface area contributed by atoms with Gasteiger partial charge in [0.1, 0.15) is 17.4 Å². The number of furan rings is 1. The second kappa shape index (κ2) is 6.13. The van der Waals surface area contributed by atoms with Crippen molar-refractivity contribution < 1.29 is 4.42 Å². The molecule has 1 unspecified atom stereocenters. The third-order valence-electron chi connectivity index (χ3n) is 3.35. The Morgan fingerprint density at radius 2 is 2.14 bits per heavy atom. The van der Waals surface area contributed by atoms with Crippen LogP contribution in [-0.4, -0.2) is 6.54 Å². The van der Waals surface area contributed by atoms with Gasteiger partial charge in [-0.25, -0.2) is 0 Å². The Kier molecular flexibility index (Phi) is 4.41. The van der Waals surface area contributed by atoms with Crippen LogP contribution in [0.3, 0.4) is 0 Å². The van der Waals surface area contributed by atoms with Gasteiger partial charge in [0.2, 0.25) is 0 Å². The van der Waals surface area contributed by atoms with Crippen molar-refractivity contribution in [1.29, 1.82) is 0 Å². The van der Waals surface area contributed by atoms with E-state index in [4.69, 9.17) is 16.0 Å². The lowest BCUT2D eigenvalue weighted by atomic mass is 10.1. The highest BCUT2D eigenvalue weighted by molar-refractivity contribution is 9.11. The van der Waals surface area contributed by atoms with Crippen molar-refractivity contribution in [2.75, 3.05) is 6.54 Å². The SMILES string of the molecule is CCNC(c1cc2cc(Cl)ccc2o1)c1cc(C)c(Br)s1. The third kappa shape index (κ3) is 3.04. The maximum atomic E-state index is 6.05. The number of hydrogen-bond donors (Lipinski definition) is 1. The van der Waals surface area contributed by atoms with Crippen molar-refractivity contribution in [2.45, 2.75) is 19.9 Å². The Hall–Kier alpha value is -0.810. The summed E-state index contributed by atoms with van der Waals surface area (Å²) in [6.45, 7) is 5.07. The standard InChI is InChI=1S/C16H15BrClNOS/c1-3-19-15(14-6-9(2)16(17)21-14)13-8-10-7-11(18)4-5-12(10)20-13/h4-8,15,19H,3H2,1-2H3. The molecule has 0 aliphatic rings. The highest BCUT2D eigenvalue weighted by atomic mass is 79.9. The molecule has 3 aromatic rings. The molecule has 0 saturated heterocycles. The molecule has 21 heavy (non-hydrogen) atoms. The number of rotatable bonds is 4. The Labute approximate surface area is 141 Å². The normalized spacial score (nSPS) is 13.0. The average Bonchev–Trinajstić information content (AvgIpc) is 2.99. The van der Waals surface area contributed by atoms with Crippen molar-refractivity contribution in [3.63, 3.8) is 0 Å². The first-order valence-electron chi connectivity index (χ1n) is 6.76. The molecule has 0 fully saturated rings. The highest BCUT2D eigenvalue weighted by Crippen LogP contribution is 2.36. The monoisotopic (exact) mass is 383 g/mol. The van der Waals surface area contributed by atoms with E-state index in [9.17, 15) is 0 Å². The fourth-order valence-corrected chi connectivity index (χ4v) is 4.18. The number of hydrogen-bond acceptors (Lipinski definition) is 3. The number of benzene rings is 1. The second-order valence-corrected chi connectivity index (χ2v) is 7.77. The van der Waals surface area contributed by atoms with Crippen molar-refractivity contribution in [2.24, 2.45) is 0 Å². The lowest BCUT2D eigenvalue weighted by Crippen LogP contribution is -2.20. The molecule has 2 aromatic heterocycles. The van der Waals surface area contributed by atoms with Crippen LogP contribution < -0.4 is 5.32 Å². The van der Waals surface area contributed by atoms with Crippen LogP contribution >= 0.6 is 38.9 Å². The van der Waals surface area contributed by atoms with Gasteiger partial charge in [-0.05, 0) is 65.3 Å². The molecule has 0 bridgehead atoms. The van der Waals surface area contributed by atoms with Crippen molar-refractivity contribution in [3.8, 4) is 0 Å². The van der Waals surface area contributed by atoms with Gasteiger partial charge in [-0.15, -0.1) is 11.3 Å². The Morgan fingerprint density at radius 1 is 1.33 bits per heavy atom. The van der Waals surface area contributed by atoms with Crippen molar-refractivity contribution >= 4 is 49.8 Å². The first-order valence-corrected chi connectivity index (χ1v) is 8.75. The van der Waals surface area contributed by atoms with Gasteiger partial charge in [0, 0.05) is 15.3 Å². The molecule has 110 valence electrons. The van der Waals surface area contributed by atoms with Gasteiger partial charge in [-0.1, -0.05) is 18.5 Å². The predicted molar refractivity (Wildman–Crippen MR) is 93.5 cm³/mol. The molecule has 0 spiro atoms. The molecule has 2 nitrogen and oxygen atoms in total. The second-order valence-electron chi connectivity index (χ2n) is 4.93. The number of thiophene rings is 1. The molecule has 0 saturated carbocycles. The first-order chi connectivity index (χ1) is 10.1. The highest BCUT2D eigenvalue weighted by Gasteiger charge is 2.20. The number of fused-ring (bicyclic) bond motifs is 1. The quantitative estimate of drug-likeness (QED) is 0.604. The molecular weight excluding hydrogens is 370 g/mol. The summed E-state index contributed by atoms with van der Waals surface area (Å²) in [6.07, 6.45) is 0. The summed E-state index contributed by atoms with van der Waals surface area (Å²) in [5, 5.41) is 5.26. The lowest BCUT2D eigenvalue weighted by molar-refractivity contribution is 0.481. The summed E-state index contributed by atoms with van der Waals surface area (Å²) in [4.78, 5) is 1.24. The van der Waals surface area contributed by atoms with E-state index in [1.54, 1.807) is 11.3 Å². The zero-order chi connectivity index (χ0) is 15.0. The average molecular weight is 385 g/mol. The van der Waals surface area contributed by atoms with Gasteiger partial charge >= 0.3 is 0 Å². The predicted octanol–water partition coefficient (Wildman–Crippen LogP) is 5.92. The van der Waals surface area contributed by atoms with E-state index in [1.165, 1.54) is 14.2 Å². The van der Waals surface area contributed by atoms with Crippen LogP contribution in [0.1, 0.15) is 29.2 Å². The number of aryl methyl sites for hydroxylation is 1. The summed E-state index contributed by atoms with van der Waals surface area (Å²) in [5.41, 5.74) is 2.11. The van der Waals surface area contributed by atoms with E-state index in [2.05, 4.69) is 47.2 Å². The van der Waals surface area contributed by atoms with Crippen LogP contribution in [0.4, 0.5) is 0 Å². The summed E-state index contributed by atoms with van der Waals surface area (Å²) >= 11 is 11.4. The molecular formula is C16H15BrClNOS. The maximum Gasteiger partial charge on any atom is 0.134 e. The van der Waals surface area contributed by atoms with Crippen molar-refractivity contribution in [1.82, 2.24) is 5.32 Å². The van der Waals surface area contributed by atoms with E-state index in [0.29, 0.717) is 0 Å². The Bertz CT molecular complexity index is 760. The van der Waals surface area contributed by atoms with E-state index >= 15 is 0 Å². The van der Waals surface area contributed by atoms with E-state index in [1.807, 2.05) is 18.2 Å². The molecule has 0 aliphatic heterocycles. The minimum Gasteiger partial charge on any atom is -0.459 e. The van der Waals surface area contributed by atoms with E-state index in [-0.39, 0.29) is 6.04 Å². The lowest BCUT2D eigenvalue weighted by Gasteiger charge is -2.13. The fraction of sp³-hybridized carbons (Fsp3) is 0.250. The molecule has 5 heteroatoms. The van der Waals surface area contributed by atoms with Gasteiger partial charge in [0.15, 0.2) is 0 Å². The summed E-state index contributed by atoms with van der Waals surface area (Å²) in [5.74, 6) is 0.919. The minimum atomic E-state index is 0.0659. The smallest absolute Gasteiger partial charge is 0.134 e. The zero-order valence-electron chi connectivity index (χ0n) is 11.7. The number of nitrogens with one attached hydrogen (secondary N) is 1. The fourth-order valence-electron chi connectivity index (χ4n) is 2.35. The first kappa shape index (κ1) is 15.1. The van der Waals surface area contributed by atoms with Gasteiger partial charge in [0.05, 0.1) is 3.79 Å². The molecule has 3 rings (SSSR count). The molecule has 0 aliphatic carbocycles. The summed E-state index contributed by atoms with van der Waals surface area (Å²) in [6, 6.07) is 10.0. The topological polar surface area (TPSA) is 25.2 Å². The van der Waals surface area contributed by atoms with E-state index in [0.717, 1.165) is 28.3 Å². The summed E-state index contributed by atoms with van der Waals surface area (Å²) in [7, 11) is 0. The Morgan fingerprint density at radius 3 is 2.81 bits per heavy atom. The van der Waals surface area contributed by atoms with Gasteiger partial charge in [0.25, 0.3) is 0 Å². The van der Waals surface area contributed by atoms with Crippen LogP contribution in [0.2, 0.25) is 5.02 Å². The van der Waals surface area contributed by atoms with Crippen LogP contribution in [0.5, 0.6) is 0 Å². The molecule has 0 radical (unpaired) electrons. The van der Waals surface area contributed by atoms with E-state index < -0.39 is 0 Å². The maximum absolute atomic E-state index is 6.05. The van der Waals surface area contributed by atoms with Gasteiger partial charge in [-0.2, -0.15) is 0 Å². The molecule has 1 atom stereocenters. The zero-order valence-corrected chi connectivity index (χ0v) is 14.9. The number of halogens is 2. The summed E-state index contributed by atoms with van der Waals surface area (Å²) < 4.78 is 7.18. The molecule has 1 N–H and O–H groups in total. The third-order valence-corrected chi connectivity index (χ3v) is 5.79. The van der Waals surface area contributed by atoms with Gasteiger partial charge < -0.3 is 9.73 Å².